The first-order chi connectivity index (χ1) is 18.9. The van der Waals surface area contributed by atoms with E-state index in [4.69, 9.17) is 17.0 Å². The molecule has 1 aliphatic heterocycles. The molecule has 0 unspecified atom stereocenters. The highest BCUT2D eigenvalue weighted by molar-refractivity contribution is 7.80. The zero-order valence-corrected chi connectivity index (χ0v) is 22.5. The number of ether oxygens (including phenoxy) is 1. The van der Waals surface area contributed by atoms with Crippen molar-refractivity contribution in [1.29, 1.82) is 0 Å². The van der Waals surface area contributed by atoms with Gasteiger partial charge in [-0.2, -0.15) is 0 Å². The summed E-state index contributed by atoms with van der Waals surface area (Å²) >= 11 is 5.78. The molecule has 0 bridgehead atoms. The molecule has 2 atom stereocenters. The molecule has 4 aromatic rings. The van der Waals surface area contributed by atoms with E-state index in [1.807, 2.05) is 89.3 Å². The number of hydrogen-bond donors (Lipinski definition) is 2. The van der Waals surface area contributed by atoms with Crippen LogP contribution in [-0.4, -0.2) is 45.1 Å². The molecule has 39 heavy (non-hydrogen) atoms. The number of thiocarbonyl (C=S) groups is 1. The topological polar surface area (TPSA) is 88.5 Å². The van der Waals surface area contributed by atoms with Crippen LogP contribution in [0.1, 0.15) is 45.8 Å². The van der Waals surface area contributed by atoms with Crippen molar-refractivity contribution in [3.05, 3.63) is 114 Å². The zero-order chi connectivity index (χ0) is 27.4. The number of nitrogens with one attached hydrogen (secondary N) is 2. The third-order valence-corrected chi connectivity index (χ3v) is 7.06. The van der Waals surface area contributed by atoms with E-state index in [0.717, 1.165) is 28.3 Å². The van der Waals surface area contributed by atoms with E-state index in [1.165, 1.54) is 7.11 Å². The number of methoxy groups -OCH3 is 1. The van der Waals surface area contributed by atoms with E-state index in [2.05, 4.69) is 15.6 Å². The van der Waals surface area contributed by atoms with Crippen LogP contribution in [0.3, 0.4) is 0 Å². The Balaban J connectivity index is 1.46. The summed E-state index contributed by atoms with van der Waals surface area (Å²) in [6.45, 7) is 2.40. The van der Waals surface area contributed by atoms with Gasteiger partial charge in [0.05, 0.1) is 30.5 Å². The number of aromatic nitrogens is 2. The monoisotopic (exact) mass is 539 g/mol. The molecule has 0 saturated carbocycles. The van der Waals surface area contributed by atoms with Crippen LogP contribution in [0.4, 0.5) is 5.69 Å². The molecule has 9 heteroatoms. The highest BCUT2D eigenvalue weighted by Crippen LogP contribution is 2.39. The van der Waals surface area contributed by atoms with Gasteiger partial charge in [-0.25, -0.2) is 4.79 Å². The normalized spacial score (nSPS) is 16.6. The molecule has 0 radical (unpaired) electrons. The van der Waals surface area contributed by atoms with Crippen LogP contribution in [0.2, 0.25) is 0 Å². The van der Waals surface area contributed by atoms with Crippen LogP contribution in [-0.2, 0) is 9.53 Å². The number of pyridine rings is 1. The predicted octanol–water partition coefficient (Wildman–Crippen LogP) is 4.97. The molecule has 1 amide bonds. The Morgan fingerprint density at radius 3 is 2.67 bits per heavy atom. The first-order valence-electron chi connectivity index (χ1n) is 12.6. The highest BCUT2D eigenvalue weighted by Gasteiger charge is 2.41. The van der Waals surface area contributed by atoms with E-state index in [0.29, 0.717) is 17.2 Å². The molecular formula is C30H29N5O3S. The Morgan fingerprint density at radius 2 is 1.90 bits per heavy atom. The van der Waals surface area contributed by atoms with Crippen LogP contribution in [0.15, 0.2) is 91.3 Å². The minimum atomic E-state index is -0.401. The second kappa shape index (κ2) is 11.5. The number of carbonyl (C=O) groups is 2. The second-order valence-electron chi connectivity index (χ2n) is 9.33. The number of hydrogen-bond acceptors (Lipinski definition) is 5. The van der Waals surface area contributed by atoms with Crippen LogP contribution >= 0.6 is 12.2 Å². The third kappa shape index (κ3) is 5.68. The molecule has 3 heterocycles. The van der Waals surface area contributed by atoms with Gasteiger partial charge in [0, 0.05) is 42.4 Å². The Kier molecular flexibility index (Phi) is 7.69. The first-order valence-corrected chi connectivity index (χ1v) is 13.1. The first kappa shape index (κ1) is 26.1. The van der Waals surface area contributed by atoms with E-state index in [1.54, 1.807) is 18.3 Å². The number of amides is 1. The molecule has 5 rings (SSSR count). The van der Waals surface area contributed by atoms with Crippen molar-refractivity contribution in [3.63, 3.8) is 0 Å². The van der Waals surface area contributed by atoms with Gasteiger partial charge in [0.1, 0.15) is 0 Å². The van der Waals surface area contributed by atoms with Gasteiger partial charge in [-0.1, -0.05) is 24.3 Å². The minimum absolute atomic E-state index is 0.0930. The van der Waals surface area contributed by atoms with Crippen molar-refractivity contribution in [2.24, 2.45) is 0 Å². The average Bonchev–Trinajstić information content (AvgIpc) is 3.56. The maximum Gasteiger partial charge on any atom is 0.337 e. The SMILES string of the molecule is COC(=O)c1cccc(-n2cccc2[C@@H]2[C@H](c3ccccn3)NC(=S)N2CCC(=O)Nc2cccc(C)c2)c1. The molecule has 2 N–H and O–H groups in total. The summed E-state index contributed by atoms with van der Waals surface area (Å²) in [5.41, 5.74) is 4.90. The van der Waals surface area contributed by atoms with Gasteiger partial charge in [-0.15, -0.1) is 0 Å². The number of rotatable bonds is 8. The number of anilines is 1. The quantitative estimate of drug-likeness (QED) is 0.241. The molecule has 8 nitrogen and oxygen atoms in total. The number of esters is 1. The molecule has 2 aromatic heterocycles. The number of benzene rings is 2. The van der Waals surface area contributed by atoms with E-state index >= 15 is 0 Å². The van der Waals surface area contributed by atoms with Crippen molar-refractivity contribution in [2.45, 2.75) is 25.4 Å². The van der Waals surface area contributed by atoms with Gasteiger partial charge in [-0.05, 0) is 79.3 Å². The van der Waals surface area contributed by atoms with Gasteiger partial charge in [0.2, 0.25) is 5.91 Å². The third-order valence-electron chi connectivity index (χ3n) is 6.71. The van der Waals surface area contributed by atoms with Crippen molar-refractivity contribution in [1.82, 2.24) is 19.8 Å². The molecule has 1 aliphatic rings. The van der Waals surface area contributed by atoms with Gasteiger partial charge >= 0.3 is 5.97 Å². The lowest BCUT2D eigenvalue weighted by Crippen LogP contribution is -2.33. The van der Waals surface area contributed by atoms with Crippen LogP contribution in [0.5, 0.6) is 0 Å². The van der Waals surface area contributed by atoms with Gasteiger partial charge in [0.15, 0.2) is 5.11 Å². The van der Waals surface area contributed by atoms with Gasteiger partial charge in [0.25, 0.3) is 0 Å². The maximum atomic E-state index is 12.9. The minimum Gasteiger partial charge on any atom is -0.465 e. The summed E-state index contributed by atoms with van der Waals surface area (Å²) in [4.78, 5) is 31.7. The Morgan fingerprint density at radius 1 is 1.05 bits per heavy atom. The predicted molar refractivity (Wildman–Crippen MR) is 154 cm³/mol. The largest absolute Gasteiger partial charge is 0.465 e. The van der Waals surface area contributed by atoms with E-state index in [-0.39, 0.29) is 24.4 Å². The highest BCUT2D eigenvalue weighted by atomic mass is 32.1. The molecule has 198 valence electrons. The van der Waals surface area contributed by atoms with Crippen molar-refractivity contribution in [3.8, 4) is 5.69 Å². The summed E-state index contributed by atoms with van der Waals surface area (Å²) in [7, 11) is 1.37. The number of nitrogens with zero attached hydrogens (tertiary/aromatic N) is 3. The molecule has 1 saturated heterocycles. The summed E-state index contributed by atoms with van der Waals surface area (Å²) in [5, 5.41) is 6.97. The smallest absolute Gasteiger partial charge is 0.337 e. The van der Waals surface area contributed by atoms with Crippen molar-refractivity contribution < 1.29 is 14.3 Å². The number of carbonyl (C=O) groups excluding carboxylic acids is 2. The average molecular weight is 540 g/mol. The lowest BCUT2D eigenvalue weighted by atomic mass is 10.0. The summed E-state index contributed by atoms with van der Waals surface area (Å²) < 4.78 is 6.95. The number of aryl methyl sites for hydroxylation is 1. The fraction of sp³-hybridized carbons (Fsp3) is 0.200. The summed E-state index contributed by atoms with van der Waals surface area (Å²) in [6.07, 6.45) is 3.96. The zero-order valence-electron chi connectivity index (χ0n) is 21.7. The fourth-order valence-electron chi connectivity index (χ4n) is 4.91. The van der Waals surface area contributed by atoms with Crippen LogP contribution in [0.25, 0.3) is 5.69 Å². The Labute approximate surface area is 232 Å². The van der Waals surface area contributed by atoms with Crippen LogP contribution < -0.4 is 10.6 Å². The Bertz CT molecular complexity index is 1500. The summed E-state index contributed by atoms with van der Waals surface area (Å²) in [5.74, 6) is -0.494. The molecule has 1 fully saturated rings. The van der Waals surface area contributed by atoms with Gasteiger partial charge in [-0.3, -0.25) is 9.78 Å². The molecule has 0 spiro atoms. The molecular weight excluding hydrogens is 510 g/mol. The Hall–Kier alpha value is -4.50. The molecule has 0 aliphatic carbocycles. The summed E-state index contributed by atoms with van der Waals surface area (Å²) in [6, 6.07) is 24.3. The lowest BCUT2D eigenvalue weighted by molar-refractivity contribution is -0.116. The van der Waals surface area contributed by atoms with Crippen LogP contribution in [0, 0.1) is 6.92 Å². The standard InChI is InChI=1S/C30H29N5O3S/c1-20-8-5-10-22(18-20)32-26(36)14-17-35-28(27(33-30(35)39)24-12-3-4-15-31-24)25-13-7-16-34(25)23-11-6-9-21(19-23)29(37)38-2/h3-13,15-16,18-19,27-28H,14,17H2,1-2H3,(H,32,36)(H,33,39)/t27-,28+/m0/s1. The fourth-order valence-corrected chi connectivity index (χ4v) is 5.24. The maximum absolute atomic E-state index is 12.9. The van der Waals surface area contributed by atoms with Gasteiger partial charge < -0.3 is 24.8 Å². The second-order valence-corrected chi connectivity index (χ2v) is 9.72. The lowest BCUT2D eigenvalue weighted by Gasteiger charge is -2.29. The van der Waals surface area contributed by atoms with E-state index in [9.17, 15) is 9.59 Å². The van der Waals surface area contributed by atoms with Crippen molar-refractivity contribution >= 4 is 34.9 Å². The molecule has 2 aromatic carbocycles. The van der Waals surface area contributed by atoms with E-state index < -0.39 is 5.97 Å². The van der Waals surface area contributed by atoms with Crippen molar-refractivity contribution in [2.75, 3.05) is 19.0 Å².